The lowest BCUT2D eigenvalue weighted by Crippen LogP contribution is -2.21. The molecular weight excluding hydrogens is 269 g/mol. The maximum atomic E-state index is 6.18. The molecule has 0 fully saturated rings. The molecule has 2 aromatic rings. The summed E-state index contributed by atoms with van der Waals surface area (Å²) in [7, 11) is 0. The van der Waals surface area contributed by atoms with Crippen LogP contribution in [0, 0.1) is 0 Å². The summed E-state index contributed by atoms with van der Waals surface area (Å²) in [6.07, 6.45) is 4.42. The van der Waals surface area contributed by atoms with Gasteiger partial charge in [-0.05, 0) is 18.6 Å². The van der Waals surface area contributed by atoms with Crippen molar-refractivity contribution in [2.24, 2.45) is 0 Å². The van der Waals surface area contributed by atoms with Gasteiger partial charge in [0, 0.05) is 30.9 Å². The average Bonchev–Trinajstić information content (AvgIpc) is 2.85. The molecule has 0 bridgehead atoms. The number of rotatable bonds is 5. The summed E-state index contributed by atoms with van der Waals surface area (Å²) < 4.78 is 0. The van der Waals surface area contributed by atoms with E-state index in [2.05, 4.69) is 22.2 Å². The number of halogens is 2. The van der Waals surface area contributed by atoms with Gasteiger partial charge in [-0.2, -0.15) is 0 Å². The lowest BCUT2D eigenvalue weighted by Gasteiger charge is -2.16. The third kappa shape index (κ3) is 3.25. The SMILES string of the molecule is CC(NCCc1cnc[nH]1)c1cccc(Cl)c1Cl. The molecular formula is C13H15Cl2N3. The number of hydrogen-bond donors (Lipinski definition) is 2. The van der Waals surface area contributed by atoms with Crippen LogP contribution >= 0.6 is 23.2 Å². The Bertz CT molecular complexity index is 497. The molecule has 1 aromatic carbocycles. The summed E-state index contributed by atoms with van der Waals surface area (Å²) in [6, 6.07) is 5.86. The zero-order valence-corrected chi connectivity index (χ0v) is 11.6. The largest absolute Gasteiger partial charge is 0.348 e. The maximum Gasteiger partial charge on any atom is 0.0921 e. The van der Waals surface area contributed by atoms with Gasteiger partial charge in [0.25, 0.3) is 0 Å². The fourth-order valence-electron chi connectivity index (χ4n) is 1.81. The summed E-state index contributed by atoms with van der Waals surface area (Å²) in [4.78, 5) is 7.05. The quantitative estimate of drug-likeness (QED) is 0.880. The van der Waals surface area contributed by atoms with Crippen molar-refractivity contribution in [3.8, 4) is 0 Å². The molecule has 1 aromatic heterocycles. The molecule has 0 spiro atoms. The van der Waals surface area contributed by atoms with Crippen LogP contribution in [0.5, 0.6) is 0 Å². The summed E-state index contributed by atoms with van der Waals surface area (Å²) >= 11 is 12.2. The van der Waals surface area contributed by atoms with Crippen LogP contribution in [0.3, 0.4) is 0 Å². The monoisotopic (exact) mass is 283 g/mol. The van der Waals surface area contributed by atoms with Gasteiger partial charge in [-0.3, -0.25) is 0 Å². The highest BCUT2D eigenvalue weighted by Gasteiger charge is 2.11. The fourth-order valence-corrected chi connectivity index (χ4v) is 2.28. The first-order valence-electron chi connectivity index (χ1n) is 5.83. The van der Waals surface area contributed by atoms with Crippen LogP contribution in [0.15, 0.2) is 30.7 Å². The lowest BCUT2D eigenvalue weighted by atomic mass is 10.1. The van der Waals surface area contributed by atoms with E-state index in [1.807, 2.05) is 18.3 Å². The molecule has 0 aliphatic rings. The second kappa shape index (κ2) is 6.23. The van der Waals surface area contributed by atoms with Crippen molar-refractivity contribution in [2.75, 3.05) is 6.54 Å². The van der Waals surface area contributed by atoms with Gasteiger partial charge in [-0.25, -0.2) is 4.98 Å². The van der Waals surface area contributed by atoms with E-state index in [1.165, 1.54) is 0 Å². The number of hydrogen-bond acceptors (Lipinski definition) is 2. The predicted octanol–water partition coefficient (Wildman–Crippen LogP) is 3.61. The van der Waals surface area contributed by atoms with Crippen LogP contribution in [-0.2, 0) is 6.42 Å². The molecule has 1 heterocycles. The summed E-state index contributed by atoms with van der Waals surface area (Å²) in [6.45, 7) is 2.93. The standard InChI is InChI=1S/C13H15Cl2N3/c1-9(11-3-2-4-12(14)13(11)15)17-6-5-10-7-16-8-18-10/h2-4,7-9,17H,5-6H2,1H3,(H,16,18). The zero-order chi connectivity index (χ0) is 13.0. The van der Waals surface area contributed by atoms with E-state index in [0.29, 0.717) is 10.0 Å². The molecule has 3 nitrogen and oxygen atoms in total. The van der Waals surface area contributed by atoms with Crippen molar-refractivity contribution >= 4 is 23.2 Å². The van der Waals surface area contributed by atoms with Gasteiger partial charge < -0.3 is 10.3 Å². The number of H-pyrrole nitrogens is 1. The molecule has 5 heteroatoms. The Morgan fingerprint density at radius 3 is 2.94 bits per heavy atom. The van der Waals surface area contributed by atoms with Crippen LogP contribution < -0.4 is 5.32 Å². The first-order chi connectivity index (χ1) is 8.68. The first-order valence-corrected chi connectivity index (χ1v) is 6.58. The van der Waals surface area contributed by atoms with Crippen LogP contribution in [0.4, 0.5) is 0 Å². The van der Waals surface area contributed by atoms with E-state index < -0.39 is 0 Å². The second-order valence-corrected chi connectivity index (χ2v) is 4.93. The highest BCUT2D eigenvalue weighted by Crippen LogP contribution is 2.29. The third-order valence-electron chi connectivity index (χ3n) is 2.85. The number of imidazole rings is 1. The van der Waals surface area contributed by atoms with Crippen molar-refractivity contribution in [1.29, 1.82) is 0 Å². The van der Waals surface area contributed by atoms with Crippen LogP contribution in [0.1, 0.15) is 24.2 Å². The van der Waals surface area contributed by atoms with Crippen LogP contribution in [0.25, 0.3) is 0 Å². The molecule has 18 heavy (non-hydrogen) atoms. The number of aromatic nitrogens is 2. The predicted molar refractivity (Wildman–Crippen MR) is 75.2 cm³/mol. The molecule has 2 N–H and O–H groups in total. The Kier molecular flexibility index (Phi) is 4.64. The molecule has 0 saturated carbocycles. The van der Waals surface area contributed by atoms with E-state index in [9.17, 15) is 0 Å². The highest BCUT2D eigenvalue weighted by atomic mass is 35.5. The number of benzene rings is 1. The van der Waals surface area contributed by atoms with Crippen molar-refractivity contribution in [2.45, 2.75) is 19.4 Å². The smallest absolute Gasteiger partial charge is 0.0921 e. The van der Waals surface area contributed by atoms with Crippen LogP contribution in [-0.4, -0.2) is 16.5 Å². The van der Waals surface area contributed by atoms with E-state index in [-0.39, 0.29) is 6.04 Å². The normalized spacial score (nSPS) is 12.6. The summed E-state index contributed by atoms with van der Waals surface area (Å²) in [5.74, 6) is 0. The highest BCUT2D eigenvalue weighted by molar-refractivity contribution is 6.42. The molecule has 0 saturated heterocycles. The Balaban J connectivity index is 1.91. The second-order valence-electron chi connectivity index (χ2n) is 4.15. The van der Waals surface area contributed by atoms with Gasteiger partial charge in [0.1, 0.15) is 0 Å². The van der Waals surface area contributed by atoms with Crippen molar-refractivity contribution < 1.29 is 0 Å². The molecule has 96 valence electrons. The van der Waals surface area contributed by atoms with E-state index >= 15 is 0 Å². The van der Waals surface area contributed by atoms with E-state index in [1.54, 1.807) is 12.4 Å². The van der Waals surface area contributed by atoms with E-state index in [0.717, 1.165) is 24.2 Å². The molecule has 1 atom stereocenters. The van der Waals surface area contributed by atoms with Gasteiger partial charge in [-0.1, -0.05) is 35.3 Å². The van der Waals surface area contributed by atoms with E-state index in [4.69, 9.17) is 23.2 Å². The maximum absolute atomic E-state index is 6.18. The summed E-state index contributed by atoms with van der Waals surface area (Å²) in [5.41, 5.74) is 2.14. The van der Waals surface area contributed by atoms with Crippen molar-refractivity contribution in [3.63, 3.8) is 0 Å². The molecule has 1 unspecified atom stereocenters. The summed E-state index contributed by atoms with van der Waals surface area (Å²) in [5, 5.41) is 4.63. The van der Waals surface area contributed by atoms with Gasteiger partial charge in [-0.15, -0.1) is 0 Å². The molecule has 0 aliphatic carbocycles. The minimum absolute atomic E-state index is 0.166. The van der Waals surface area contributed by atoms with Crippen LogP contribution in [0.2, 0.25) is 10.0 Å². The van der Waals surface area contributed by atoms with Crippen molar-refractivity contribution in [1.82, 2.24) is 15.3 Å². The molecule has 0 amide bonds. The van der Waals surface area contributed by atoms with Gasteiger partial charge >= 0.3 is 0 Å². The number of aromatic amines is 1. The fraction of sp³-hybridized carbons (Fsp3) is 0.308. The van der Waals surface area contributed by atoms with Crippen molar-refractivity contribution in [3.05, 3.63) is 52.0 Å². The Morgan fingerprint density at radius 1 is 1.39 bits per heavy atom. The zero-order valence-electron chi connectivity index (χ0n) is 10.1. The Morgan fingerprint density at radius 2 is 2.22 bits per heavy atom. The average molecular weight is 284 g/mol. The lowest BCUT2D eigenvalue weighted by molar-refractivity contribution is 0.574. The topological polar surface area (TPSA) is 40.7 Å². The Hall–Kier alpha value is -1.03. The van der Waals surface area contributed by atoms with Gasteiger partial charge in [0.2, 0.25) is 0 Å². The minimum atomic E-state index is 0.166. The van der Waals surface area contributed by atoms with Gasteiger partial charge in [0.05, 0.1) is 16.4 Å². The van der Waals surface area contributed by atoms with Gasteiger partial charge in [0.15, 0.2) is 0 Å². The number of nitrogens with zero attached hydrogens (tertiary/aromatic N) is 1. The molecule has 0 aliphatic heterocycles. The minimum Gasteiger partial charge on any atom is -0.348 e. The molecule has 2 rings (SSSR count). The third-order valence-corrected chi connectivity index (χ3v) is 3.68. The molecule has 0 radical (unpaired) electrons. The first kappa shape index (κ1) is 13.4. The Labute approximate surface area is 117 Å². The number of nitrogens with one attached hydrogen (secondary N) is 2.